The molecule has 1 N–H and O–H groups in total. The quantitative estimate of drug-likeness (QED) is 0.425. The predicted octanol–water partition coefficient (Wildman–Crippen LogP) is 5.24. The van der Waals surface area contributed by atoms with Crippen LogP contribution >= 0.6 is 23.2 Å². The molecule has 0 aliphatic carbocycles. The lowest BCUT2D eigenvalue weighted by Gasteiger charge is -2.33. The van der Waals surface area contributed by atoms with Crippen molar-refractivity contribution in [3.63, 3.8) is 0 Å². The van der Waals surface area contributed by atoms with E-state index in [4.69, 9.17) is 28.3 Å². The molecule has 3 heterocycles. The van der Waals surface area contributed by atoms with Crippen LogP contribution in [0.5, 0.6) is 0 Å². The number of carbonyl (C=O) groups is 1. The molecule has 0 bridgehead atoms. The van der Waals surface area contributed by atoms with Gasteiger partial charge in [-0.1, -0.05) is 53.5 Å². The Bertz CT molecular complexity index is 1300. The molecule has 1 atom stereocenters. The van der Waals surface area contributed by atoms with Gasteiger partial charge in [0, 0.05) is 42.6 Å². The molecule has 1 aliphatic rings. The lowest BCUT2D eigenvalue weighted by atomic mass is 9.97. The SMILES string of the molecule is O=C(NCc1cccc(Cl)c1)C1CCCN(c2nccn3nc(-c4ccccc4Cl)cc23)C1. The molecule has 0 saturated carbocycles. The van der Waals surface area contributed by atoms with Crippen LogP contribution in [0.25, 0.3) is 16.8 Å². The Hall–Kier alpha value is -3.09. The molecule has 168 valence electrons. The molecular formula is C25H23Cl2N5O. The lowest BCUT2D eigenvalue weighted by molar-refractivity contribution is -0.125. The molecule has 8 heteroatoms. The van der Waals surface area contributed by atoms with Gasteiger partial charge in [-0.05, 0) is 42.7 Å². The Kier molecular flexibility index (Phi) is 6.20. The van der Waals surface area contributed by atoms with Crippen LogP contribution in [0.15, 0.2) is 67.0 Å². The van der Waals surface area contributed by atoms with E-state index >= 15 is 0 Å². The van der Waals surface area contributed by atoms with Gasteiger partial charge in [-0.3, -0.25) is 4.79 Å². The van der Waals surface area contributed by atoms with Gasteiger partial charge in [0.15, 0.2) is 5.82 Å². The van der Waals surface area contributed by atoms with Crippen molar-refractivity contribution < 1.29 is 4.79 Å². The fraction of sp³-hybridized carbons (Fsp3) is 0.240. The maximum Gasteiger partial charge on any atom is 0.225 e. The standard InChI is InChI=1S/C25H23Cl2N5O/c26-19-7-3-5-17(13-19)15-29-25(33)18-6-4-11-31(16-18)24-23-14-22(30-32(23)12-10-28-24)20-8-1-2-9-21(20)27/h1-3,5,7-10,12-14,18H,4,6,11,15-16H2,(H,29,33). The van der Waals surface area contributed by atoms with Crippen molar-refractivity contribution in [3.8, 4) is 11.3 Å². The molecule has 1 fully saturated rings. The van der Waals surface area contributed by atoms with Gasteiger partial charge in [-0.25, -0.2) is 9.50 Å². The van der Waals surface area contributed by atoms with E-state index < -0.39 is 0 Å². The number of halogens is 2. The van der Waals surface area contributed by atoms with Crippen LogP contribution in [0.4, 0.5) is 5.82 Å². The van der Waals surface area contributed by atoms with E-state index in [0.29, 0.717) is 23.1 Å². The highest BCUT2D eigenvalue weighted by atomic mass is 35.5. The van der Waals surface area contributed by atoms with E-state index in [9.17, 15) is 4.79 Å². The second-order valence-corrected chi connectivity index (χ2v) is 9.07. The zero-order chi connectivity index (χ0) is 22.8. The average molecular weight is 480 g/mol. The molecule has 1 saturated heterocycles. The first-order valence-corrected chi connectivity index (χ1v) is 11.7. The fourth-order valence-corrected chi connectivity index (χ4v) is 4.76. The third kappa shape index (κ3) is 4.68. The molecule has 2 aromatic heterocycles. The number of benzene rings is 2. The van der Waals surface area contributed by atoms with Gasteiger partial charge in [-0.15, -0.1) is 0 Å². The molecule has 33 heavy (non-hydrogen) atoms. The second-order valence-electron chi connectivity index (χ2n) is 8.22. The van der Waals surface area contributed by atoms with Gasteiger partial charge in [0.2, 0.25) is 5.91 Å². The van der Waals surface area contributed by atoms with Crippen molar-refractivity contribution in [2.75, 3.05) is 18.0 Å². The number of aromatic nitrogens is 3. The molecule has 5 rings (SSSR count). The minimum atomic E-state index is -0.106. The number of hydrogen-bond acceptors (Lipinski definition) is 4. The van der Waals surface area contributed by atoms with Gasteiger partial charge in [-0.2, -0.15) is 5.10 Å². The Labute approximate surface area is 202 Å². The van der Waals surface area contributed by atoms with Crippen LogP contribution in [-0.2, 0) is 11.3 Å². The topological polar surface area (TPSA) is 62.5 Å². The highest BCUT2D eigenvalue weighted by Gasteiger charge is 2.28. The Balaban J connectivity index is 1.34. The Morgan fingerprint density at radius 3 is 2.85 bits per heavy atom. The molecule has 1 aliphatic heterocycles. The summed E-state index contributed by atoms with van der Waals surface area (Å²) in [4.78, 5) is 19.7. The van der Waals surface area contributed by atoms with E-state index in [-0.39, 0.29) is 11.8 Å². The highest BCUT2D eigenvalue weighted by molar-refractivity contribution is 6.33. The first kappa shape index (κ1) is 21.7. The van der Waals surface area contributed by atoms with Crippen molar-refractivity contribution in [1.82, 2.24) is 19.9 Å². The van der Waals surface area contributed by atoms with E-state index in [1.807, 2.05) is 65.3 Å². The van der Waals surface area contributed by atoms with Crippen molar-refractivity contribution in [2.45, 2.75) is 19.4 Å². The zero-order valence-corrected chi connectivity index (χ0v) is 19.4. The van der Waals surface area contributed by atoms with E-state index in [1.54, 1.807) is 6.20 Å². The first-order chi connectivity index (χ1) is 16.1. The summed E-state index contributed by atoms with van der Waals surface area (Å²) in [7, 11) is 0. The monoisotopic (exact) mass is 479 g/mol. The summed E-state index contributed by atoms with van der Waals surface area (Å²) in [6, 6.07) is 17.2. The van der Waals surface area contributed by atoms with Crippen molar-refractivity contribution in [3.05, 3.63) is 82.6 Å². The highest BCUT2D eigenvalue weighted by Crippen LogP contribution is 2.31. The van der Waals surface area contributed by atoms with Crippen LogP contribution in [0, 0.1) is 5.92 Å². The number of nitrogens with one attached hydrogen (secondary N) is 1. The summed E-state index contributed by atoms with van der Waals surface area (Å²) in [5, 5.41) is 9.08. The van der Waals surface area contributed by atoms with Crippen molar-refractivity contribution in [1.29, 1.82) is 0 Å². The van der Waals surface area contributed by atoms with Gasteiger partial charge in [0.25, 0.3) is 0 Å². The number of fused-ring (bicyclic) bond motifs is 1. The predicted molar refractivity (Wildman–Crippen MR) is 132 cm³/mol. The van der Waals surface area contributed by atoms with Gasteiger partial charge in [0.1, 0.15) is 5.52 Å². The van der Waals surface area contributed by atoms with Crippen LogP contribution in [-0.4, -0.2) is 33.6 Å². The number of rotatable bonds is 5. The summed E-state index contributed by atoms with van der Waals surface area (Å²) in [6.45, 7) is 1.92. The Morgan fingerprint density at radius 2 is 2.00 bits per heavy atom. The van der Waals surface area contributed by atoms with E-state index in [2.05, 4.69) is 15.2 Å². The summed E-state index contributed by atoms with van der Waals surface area (Å²) in [5.74, 6) is 0.776. The fourth-order valence-electron chi connectivity index (χ4n) is 4.32. The maximum absolute atomic E-state index is 12.9. The minimum Gasteiger partial charge on any atom is -0.354 e. The molecule has 1 amide bonds. The van der Waals surface area contributed by atoms with E-state index in [0.717, 1.165) is 47.5 Å². The zero-order valence-electron chi connectivity index (χ0n) is 17.9. The third-order valence-electron chi connectivity index (χ3n) is 5.97. The number of hydrogen-bond donors (Lipinski definition) is 1. The van der Waals surface area contributed by atoms with Gasteiger partial charge in [0.05, 0.1) is 16.6 Å². The third-order valence-corrected chi connectivity index (χ3v) is 6.53. The number of amides is 1. The van der Waals surface area contributed by atoms with Crippen molar-refractivity contribution in [2.24, 2.45) is 5.92 Å². The number of piperidine rings is 1. The van der Waals surface area contributed by atoms with Gasteiger partial charge < -0.3 is 10.2 Å². The molecule has 0 spiro atoms. The summed E-state index contributed by atoms with van der Waals surface area (Å²) in [5.41, 5.74) is 3.56. The molecule has 4 aromatic rings. The maximum atomic E-state index is 12.9. The number of carbonyl (C=O) groups excluding carboxylic acids is 1. The molecular weight excluding hydrogens is 457 g/mol. The first-order valence-electron chi connectivity index (χ1n) is 10.9. The molecule has 1 unspecified atom stereocenters. The normalized spacial score (nSPS) is 16.2. The van der Waals surface area contributed by atoms with Crippen LogP contribution in [0.2, 0.25) is 10.0 Å². The van der Waals surface area contributed by atoms with E-state index in [1.165, 1.54) is 0 Å². The molecule has 0 radical (unpaired) electrons. The van der Waals surface area contributed by atoms with Crippen LogP contribution in [0.3, 0.4) is 0 Å². The second kappa shape index (κ2) is 9.41. The number of anilines is 1. The smallest absolute Gasteiger partial charge is 0.225 e. The largest absolute Gasteiger partial charge is 0.354 e. The summed E-state index contributed by atoms with van der Waals surface area (Å²) < 4.78 is 1.82. The van der Waals surface area contributed by atoms with Crippen LogP contribution < -0.4 is 10.2 Å². The van der Waals surface area contributed by atoms with Gasteiger partial charge >= 0.3 is 0 Å². The number of nitrogens with zero attached hydrogens (tertiary/aromatic N) is 4. The summed E-state index contributed by atoms with van der Waals surface area (Å²) >= 11 is 12.4. The van der Waals surface area contributed by atoms with Crippen LogP contribution in [0.1, 0.15) is 18.4 Å². The lowest BCUT2D eigenvalue weighted by Crippen LogP contribution is -2.43. The minimum absolute atomic E-state index is 0.0527. The summed E-state index contributed by atoms with van der Waals surface area (Å²) in [6.07, 6.45) is 5.35. The average Bonchev–Trinajstić information content (AvgIpc) is 3.27. The molecule has 2 aromatic carbocycles. The Morgan fingerprint density at radius 1 is 1.12 bits per heavy atom. The van der Waals surface area contributed by atoms with Crippen molar-refractivity contribution >= 4 is 40.4 Å². The molecule has 6 nitrogen and oxygen atoms in total.